The van der Waals surface area contributed by atoms with E-state index in [0.29, 0.717) is 30.4 Å². The van der Waals surface area contributed by atoms with Gasteiger partial charge in [0.15, 0.2) is 0 Å². The summed E-state index contributed by atoms with van der Waals surface area (Å²) in [6.07, 6.45) is 7.65. The lowest BCUT2D eigenvalue weighted by atomic mass is 10.00. The molecule has 1 N–H and O–H groups in total. The molecular formula is C21H33N3O3S. The minimum absolute atomic E-state index is 0.0984. The van der Waals surface area contributed by atoms with E-state index in [0.717, 1.165) is 25.8 Å². The molecule has 6 nitrogen and oxygen atoms in total. The van der Waals surface area contributed by atoms with Gasteiger partial charge in [-0.15, -0.1) is 0 Å². The normalized spacial score (nSPS) is 22.8. The molecule has 7 heteroatoms. The molecule has 2 heterocycles. The largest absolute Gasteiger partial charge is 0.352 e. The second kappa shape index (κ2) is 9.74. The number of rotatable bonds is 7. The molecule has 2 saturated heterocycles. The zero-order chi connectivity index (χ0) is 20.0. The predicted molar refractivity (Wildman–Crippen MR) is 113 cm³/mol. The number of amides is 1. The summed E-state index contributed by atoms with van der Waals surface area (Å²) in [5.41, 5.74) is 1.22. The van der Waals surface area contributed by atoms with Crippen LogP contribution in [0.1, 0.15) is 62.2 Å². The van der Waals surface area contributed by atoms with Crippen LogP contribution in [0.25, 0.3) is 0 Å². The summed E-state index contributed by atoms with van der Waals surface area (Å²) in [5, 5.41) is 2.99. The Kier molecular flexibility index (Phi) is 7.35. The molecule has 156 valence electrons. The molecule has 0 unspecified atom stereocenters. The van der Waals surface area contributed by atoms with Crippen LogP contribution in [0.3, 0.4) is 0 Å². The Morgan fingerprint density at radius 3 is 2.57 bits per heavy atom. The summed E-state index contributed by atoms with van der Waals surface area (Å²) in [6.45, 7) is 5.64. The molecule has 1 aromatic rings. The van der Waals surface area contributed by atoms with Crippen LogP contribution in [0, 0.1) is 0 Å². The van der Waals surface area contributed by atoms with Gasteiger partial charge in [0.25, 0.3) is 5.91 Å². The smallest absolute Gasteiger partial charge is 0.251 e. The van der Waals surface area contributed by atoms with Gasteiger partial charge in [-0.3, -0.25) is 9.10 Å². The molecule has 0 spiro atoms. The van der Waals surface area contributed by atoms with Gasteiger partial charge in [-0.25, -0.2) is 8.42 Å². The van der Waals surface area contributed by atoms with Gasteiger partial charge in [-0.05, 0) is 69.3 Å². The Morgan fingerprint density at radius 1 is 1.11 bits per heavy atom. The van der Waals surface area contributed by atoms with E-state index in [9.17, 15) is 13.2 Å². The van der Waals surface area contributed by atoms with Crippen molar-refractivity contribution in [1.29, 1.82) is 0 Å². The van der Waals surface area contributed by atoms with Crippen LogP contribution in [-0.4, -0.2) is 57.2 Å². The maximum atomic E-state index is 12.4. The number of nitrogens with zero attached hydrogens (tertiary/aromatic N) is 2. The third kappa shape index (κ3) is 5.26. The maximum absolute atomic E-state index is 12.4. The fourth-order valence-corrected chi connectivity index (χ4v) is 5.90. The van der Waals surface area contributed by atoms with Gasteiger partial charge in [-0.2, -0.15) is 0 Å². The molecule has 0 saturated carbocycles. The minimum Gasteiger partial charge on any atom is -0.352 e. The first-order chi connectivity index (χ1) is 13.5. The molecule has 0 bridgehead atoms. The van der Waals surface area contributed by atoms with Gasteiger partial charge in [0.05, 0.1) is 11.4 Å². The van der Waals surface area contributed by atoms with E-state index in [4.69, 9.17) is 0 Å². The van der Waals surface area contributed by atoms with E-state index in [1.165, 1.54) is 36.5 Å². The molecule has 1 atom stereocenters. The van der Waals surface area contributed by atoms with Crippen molar-refractivity contribution in [2.45, 2.75) is 57.9 Å². The SMILES string of the molecule is CC[C@@H]1CCCCN1CCCNC(=O)c1ccc(N2CCCCS2(=O)=O)cc1. The van der Waals surface area contributed by atoms with E-state index in [2.05, 4.69) is 17.1 Å². The van der Waals surface area contributed by atoms with Crippen LogP contribution in [0.2, 0.25) is 0 Å². The zero-order valence-corrected chi connectivity index (χ0v) is 17.7. The summed E-state index contributed by atoms with van der Waals surface area (Å²) in [4.78, 5) is 14.9. The lowest BCUT2D eigenvalue weighted by Gasteiger charge is -2.35. The highest BCUT2D eigenvalue weighted by Gasteiger charge is 2.26. The highest BCUT2D eigenvalue weighted by atomic mass is 32.2. The van der Waals surface area contributed by atoms with E-state index >= 15 is 0 Å². The monoisotopic (exact) mass is 407 g/mol. The number of benzene rings is 1. The predicted octanol–water partition coefficient (Wildman–Crippen LogP) is 3.00. The molecule has 1 amide bonds. The Balaban J connectivity index is 1.47. The third-order valence-corrected chi connectivity index (χ3v) is 7.76. The molecule has 0 radical (unpaired) electrons. The molecule has 2 aliphatic heterocycles. The number of piperidine rings is 1. The zero-order valence-electron chi connectivity index (χ0n) is 16.9. The first-order valence-electron chi connectivity index (χ1n) is 10.6. The van der Waals surface area contributed by atoms with Crippen molar-refractivity contribution >= 4 is 21.6 Å². The molecule has 2 fully saturated rings. The number of hydrogen-bond donors (Lipinski definition) is 1. The van der Waals surface area contributed by atoms with Crippen LogP contribution in [0.4, 0.5) is 5.69 Å². The van der Waals surface area contributed by atoms with Gasteiger partial charge >= 0.3 is 0 Å². The van der Waals surface area contributed by atoms with E-state index in [-0.39, 0.29) is 11.7 Å². The van der Waals surface area contributed by atoms with Gasteiger partial charge in [-0.1, -0.05) is 13.3 Å². The molecule has 2 aliphatic rings. The molecule has 0 aromatic heterocycles. The van der Waals surface area contributed by atoms with Crippen LogP contribution >= 0.6 is 0 Å². The number of carbonyl (C=O) groups is 1. The Morgan fingerprint density at radius 2 is 1.86 bits per heavy atom. The van der Waals surface area contributed by atoms with Crippen molar-refractivity contribution in [3.8, 4) is 0 Å². The van der Waals surface area contributed by atoms with Crippen LogP contribution in [-0.2, 0) is 10.0 Å². The summed E-state index contributed by atoms with van der Waals surface area (Å²) < 4.78 is 25.8. The van der Waals surface area contributed by atoms with Crippen LogP contribution in [0.5, 0.6) is 0 Å². The lowest BCUT2D eigenvalue weighted by molar-refractivity contribution is 0.0947. The number of carbonyl (C=O) groups excluding carboxylic acids is 1. The lowest BCUT2D eigenvalue weighted by Crippen LogP contribution is -2.40. The highest BCUT2D eigenvalue weighted by Crippen LogP contribution is 2.24. The second-order valence-electron chi connectivity index (χ2n) is 7.85. The van der Waals surface area contributed by atoms with Gasteiger partial charge < -0.3 is 10.2 Å². The number of likely N-dealkylation sites (tertiary alicyclic amines) is 1. The van der Waals surface area contributed by atoms with Gasteiger partial charge in [0, 0.05) is 31.2 Å². The fourth-order valence-electron chi connectivity index (χ4n) is 4.26. The van der Waals surface area contributed by atoms with Gasteiger partial charge in [0.2, 0.25) is 10.0 Å². The van der Waals surface area contributed by atoms with Crippen molar-refractivity contribution in [3.05, 3.63) is 29.8 Å². The van der Waals surface area contributed by atoms with Gasteiger partial charge in [0.1, 0.15) is 0 Å². The Labute approximate surface area is 169 Å². The Hall–Kier alpha value is -1.60. The second-order valence-corrected chi connectivity index (χ2v) is 9.86. The first-order valence-corrected chi connectivity index (χ1v) is 12.2. The standard InChI is InChI=1S/C21H33N3O3S/c1-2-19-8-3-4-14-23(19)15-7-13-22-21(25)18-9-11-20(12-10-18)24-16-5-6-17-28(24,26)27/h9-12,19H,2-8,13-17H2,1H3,(H,22,25)/t19-/m1/s1. The van der Waals surface area contributed by atoms with Crippen molar-refractivity contribution in [3.63, 3.8) is 0 Å². The number of sulfonamides is 1. The van der Waals surface area contributed by atoms with Crippen molar-refractivity contribution in [2.24, 2.45) is 0 Å². The summed E-state index contributed by atoms with van der Waals surface area (Å²) >= 11 is 0. The molecule has 0 aliphatic carbocycles. The summed E-state index contributed by atoms with van der Waals surface area (Å²) in [5.74, 6) is 0.101. The average molecular weight is 408 g/mol. The number of anilines is 1. The quantitative estimate of drug-likeness (QED) is 0.706. The fraction of sp³-hybridized carbons (Fsp3) is 0.667. The maximum Gasteiger partial charge on any atom is 0.251 e. The molecular weight excluding hydrogens is 374 g/mol. The molecule has 1 aromatic carbocycles. The third-order valence-electron chi connectivity index (χ3n) is 5.89. The van der Waals surface area contributed by atoms with E-state index in [1.54, 1.807) is 24.3 Å². The van der Waals surface area contributed by atoms with E-state index in [1.807, 2.05) is 0 Å². The summed E-state index contributed by atoms with van der Waals surface area (Å²) in [7, 11) is -3.22. The van der Waals surface area contributed by atoms with Crippen molar-refractivity contribution < 1.29 is 13.2 Å². The number of hydrogen-bond acceptors (Lipinski definition) is 4. The van der Waals surface area contributed by atoms with Crippen molar-refractivity contribution in [2.75, 3.05) is 36.2 Å². The Bertz CT molecular complexity index is 749. The van der Waals surface area contributed by atoms with E-state index < -0.39 is 10.0 Å². The van der Waals surface area contributed by atoms with Crippen molar-refractivity contribution in [1.82, 2.24) is 10.2 Å². The first kappa shape index (κ1) is 21.1. The van der Waals surface area contributed by atoms with Crippen LogP contribution in [0.15, 0.2) is 24.3 Å². The summed E-state index contributed by atoms with van der Waals surface area (Å²) in [6, 6.07) is 7.59. The topological polar surface area (TPSA) is 69.7 Å². The average Bonchev–Trinajstić information content (AvgIpc) is 2.71. The van der Waals surface area contributed by atoms with Crippen LogP contribution < -0.4 is 9.62 Å². The molecule has 28 heavy (non-hydrogen) atoms. The number of nitrogens with one attached hydrogen (secondary N) is 1. The molecule has 3 rings (SSSR count). The highest BCUT2D eigenvalue weighted by molar-refractivity contribution is 7.92. The minimum atomic E-state index is -3.22.